The maximum atomic E-state index is 12.1. The third kappa shape index (κ3) is 4.61. The summed E-state index contributed by atoms with van der Waals surface area (Å²) in [5, 5.41) is 5.28. The molecule has 6 nitrogen and oxygen atoms in total. The summed E-state index contributed by atoms with van der Waals surface area (Å²) < 4.78 is 0. The summed E-state index contributed by atoms with van der Waals surface area (Å²) in [7, 11) is 1.56. The van der Waals surface area contributed by atoms with Crippen molar-refractivity contribution in [3.05, 3.63) is 65.7 Å². The van der Waals surface area contributed by atoms with E-state index >= 15 is 0 Å². The second-order valence-electron chi connectivity index (χ2n) is 6.22. The Morgan fingerprint density at radius 3 is 2.56 bits per heavy atom. The van der Waals surface area contributed by atoms with Crippen molar-refractivity contribution in [2.45, 2.75) is 12.8 Å². The van der Waals surface area contributed by atoms with Gasteiger partial charge in [0.2, 0.25) is 11.8 Å². The number of hydrogen-bond donors (Lipinski definition) is 2. The van der Waals surface area contributed by atoms with E-state index in [2.05, 4.69) is 10.6 Å². The molecule has 0 aromatic heterocycles. The number of carbonyl (C=O) groups is 3. The monoisotopic (exact) mass is 363 g/mol. The van der Waals surface area contributed by atoms with Gasteiger partial charge >= 0.3 is 0 Å². The lowest BCUT2D eigenvalue weighted by atomic mass is 10.1. The molecule has 3 amide bonds. The summed E-state index contributed by atoms with van der Waals surface area (Å²) in [5.74, 6) is -0.349. The van der Waals surface area contributed by atoms with Crippen LogP contribution in [-0.4, -0.2) is 31.3 Å². The Balaban J connectivity index is 1.61. The number of nitrogens with zero attached hydrogens (tertiary/aromatic N) is 1. The molecule has 3 rings (SSSR count). The highest BCUT2D eigenvalue weighted by Gasteiger charge is 2.21. The van der Waals surface area contributed by atoms with Crippen LogP contribution in [0.1, 0.15) is 28.8 Å². The van der Waals surface area contributed by atoms with Crippen molar-refractivity contribution in [1.82, 2.24) is 5.32 Å². The van der Waals surface area contributed by atoms with E-state index in [1.807, 2.05) is 24.3 Å². The third-order valence-corrected chi connectivity index (χ3v) is 4.32. The van der Waals surface area contributed by atoms with Crippen molar-refractivity contribution in [3.8, 4) is 0 Å². The molecular weight excluding hydrogens is 342 g/mol. The Kier molecular flexibility index (Phi) is 5.66. The van der Waals surface area contributed by atoms with Crippen LogP contribution in [0, 0.1) is 0 Å². The van der Waals surface area contributed by atoms with Crippen molar-refractivity contribution >= 4 is 35.2 Å². The normalized spacial score (nSPS) is 13.8. The van der Waals surface area contributed by atoms with Crippen molar-refractivity contribution < 1.29 is 14.4 Å². The van der Waals surface area contributed by atoms with Crippen LogP contribution in [0.4, 0.5) is 11.4 Å². The Morgan fingerprint density at radius 1 is 1.11 bits per heavy atom. The van der Waals surface area contributed by atoms with Gasteiger partial charge in [0.25, 0.3) is 5.91 Å². The van der Waals surface area contributed by atoms with Gasteiger partial charge in [-0.25, -0.2) is 0 Å². The Labute approximate surface area is 157 Å². The van der Waals surface area contributed by atoms with E-state index in [1.54, 1.807) is 42.3 Å². The summed E-state index contributed by atoms with van der Waals surface area (Å²) in [5.41, 5.74) is 2.77. The van der Waals surface area contributed by atoms with E-state index < -0.39 is 0 Å². The van der Waals surface area contributed by atoms with Crippen molar-refractivity contribution in [2.75, 3.05) is 23.8 Å². The number of carbonyl (C=O) groups excluding carboxylic acids is 3. The highest BCUT2D eigenvalue weighted by molar-refractivity contribution is 6.03. The van der Waals surface area contributed by atoms with Crippen LogP contribution in [0.25, 0.3) is 6.08 Å². The van der Waals surface area contributed by atoms with Gasteiger partial charge in [-0.05, 0) is 48.4 Å². The Morgan fingerprint density at radius 2 is 1.89 bits per heavy atom. The van der Waals surface area contributed by atoms with Gasteiger partial charge in [0.15, 0.2) is 0 Å². The molecule has 6 heteroatoms. The lowest BCUT2D eigenvalue weighted by molar-refractivity contribution is -0.117. The summed E-state index contributed by atoms with van der Waals surface area (Å²) in [6.07, 6.45) is 4.63. The van der Waals surface area contributed by atoms with Crippen LogP contribution >= 0.6 is 0 Å². The minimum Gasteiger partial charge on any atom is -0.355 e. The van der Waals surface area contributed by atoms with Gasteiger partial charge in [-0.2, -0.15) is 0 Å². The van der Waals surface area contributed by atoms with Gasteiger partial charge in [-0.1, -0.05) is 18.2 Å². The average molecular weight is 363 g/mol. The molecule has 0 radical (unpaired) electrons. The van der Waals surface area contributed by atoms with Crippen LogP contribution < -0.4 is 15.5 Å². The fourth-order valence-corrected chi connectivity index (χ4v) is 2.92. The zero-order valence-corrected chi connectivity index (χ0v) is 15.1. The van der Waals surface area contributed by atoms with Crippen molar-refractivity contribution in [1.29, 1.82) is 0 Å². The van der Waals surface area contributed by atoms with Gasteiger partial charge in [0, 0.05) is 43.0 Å². The standard InChI is InChI=1S/C21H21N3O3/c1-22-21(27)16-4-2-5-17(14-16)23-19(25)12-9-15-7-10-18(11-8-15)24-13-3-6-20(24)26/h2,4-5,7-12,14H,3,6,13H2,1H3,(H,22,27)(H,23,25)/b12-9+. The molecule has 2 N–H and O–H groups in total. The topological polar surface area (TPSA) is 78.5 Å². The zero-order chi connectivity index (χ0) is 19.2. The molecule has 1 aliphatic rings. The minimum atomic E-state index is -0.289. The van der Waals surface area contributed by atoms with E-state index in [0.717, 1.165) is 24.2 Å². The molecular formula is C21H21N3O3. The maximum absolute atomic E-state index is 12.1. The van der Waals surface area contributed by atoms with Gasteiger partial charge in [0.05, 0.1) is 0 Å². The predicted molar refractivity (Wildman–Crippen MR) is 106 cm³/mol. The van der Waals surface area contributed by atoms with Gasteiger partial charge in [-0.15, -0.1) is 0 Å². The molecule has 2 aromatic carbocycles. The lowest BCUT2D eigenvalue weighted by Gasteiger charge is -2.15. The van der Waals surface area contributed by atoms with Gasteiger partial charge < -0.3 is 15.5 Å². The second kappa shape index (κ2) is 8.31. The van der Waals surface area contributed by atoms with Crippen LogP contribution in [0.3, 0.4) is 0 Å². The van der Waals surface area contributed by atoms with Crippen molar-refractivity contribution in [3.63, 3.8) is 0 Å². The molecule has 0 spiro atoms. The molecule has 138 valence electrons. The van der Waals surface area contributed by atoms with E-state index in [9.17, 15) is 14.4 Å². The number of anilines is 2. The highest BCUT2D eigenvalue weighted by atomic mass is 16.2. The first-order valence-electron chi connectivity index (χ1n) is 8.78. The smallest absolute Gasteiger partial charge is 0.251 e. The molecule has 0 bridgehead atoms. The summed E-state index contributed by atoms with van der Waals surface area (Å²) >= 11 is 0. The maximum Gasteiger partial charge on any atom is 0.251 e. The minimum absolute atomic E-state index is 0.150. The molecule has 1 heterocycles. The summed E-state index contributed by atoms with van der Waals surface area (Å²) in [4.78, 5) is 37.3. The van der Waals surface area contributed by atoms with Crippen LogP contribution in [-0.2, 0) is 9.59 Å². The number of nitrogens with one attached hydrogen (secondary N) is 2. The van der Waals surface area contributed by atoms with Gasteiger partial charge in [-0.3, -0.25) is 14.4 Å². The average Bonchev–Trinajstić information content (AvgIpc) is 3.12. The van der Waals surface area contributed by atoms with Crippen LogP contribution in [0.2, 0.25) is 0 Å². The molecule has 0 saturated carbocycles. The predicted octanol–water partition coefficient (Wildman–Crippen LogP) is 2.82. The highest BCUT2D eigenvalue weighted by Crippen LogP contribution is 2.22. The fraction of sp³-hybridized carbons (Fsp3) is 0.190. The largest absolute Gasteiger partial charge is 0.355 e. The molecule has 1 saturated heterocycles. The molecule has 1 fully saturated rings. The quantitative estimate of drug-likeness (QED) is 0.802. The first-order chi connectivity index (χ1) is 13.1. The number of rotatable bonds is 5. The number of amides is 3. The molecule has 0 aliphatic carbocycles. The fourth-order valence-electron chi connectivity index (χ4n) is 2.92. The molecule has 0 unspecified atom stereocenters. The first kappa shape index (κ1) is 18.4. The first-order valence-corrected chi connectivity index (χ1v) is 8.78. The lowest BCUT2D eigenvalue weighted by Crippen LogP contribution is -2.23. The molecule has 27 heavy (non-hydrogen) atoms. The summed E-state index contributed by atoms with van der Waals surface area (Å²) in [6.45, 7) is 0.755. The van der Waals surface area contributed by atoms with Crippen LogP contribution in [0.15, 0.2) is 54.6 Å². The molecule has 2 aromatic rings. The van der Waals surface area contributed by atoms with Crippen molar-refractivity contribution in [2.24, 2.45) is 0 Å². The zero-order valence-electron chi connectivity index (χ0n) is 15.1. The van der Waals surface area contributed by atoms with E-state index in [0.29, 0.717) is 17.7 Å². The van der Waals surface area contributed by atoms with E-state index in [-0.39, 0.29) is 17.7 Å². The summed E-state index contributed by atoms with van der Waals surface area (Å²) in [6, 6.07) is 14.2. The Bertz CT molecular complexity index is 888. The Hall–Kier alpha value is -3.41. The number of hydrogen-bond acceptors (Lipinski definition) is 3. The SMILES string of the molecule is CNC(=O)c1cccc(NC(=O)/C=C/c2ccc(N3CCCC3=O)cc2)c1. The third-order valence-electron chi connectivity index (χ3n) is 4.32. The second-order valence-corrected chi connectivity index (χ2v) is 6.22. The van der Waals surface area contributed by atoms with E-state index in [4.69, 9.17) is 0 Å². The molecule has 0 atom stereocenters. The van der Waals surface area contributed by atoms with Crippen LogP contribution in [0.5, 0.6) is 0 Å². The molecule has 1 aliphatic heterocycles. The van der Waals surface area contributed by atoms with Gasteiger partial charge in [0.1, 0.15) is 0 Å². The number of benzene rings is 2. The van der Waals surface area contributed by atoms with E-state index in [1.165, 1.54) is 6.08 Å².